The molecule has 70 valence electrons. The fourth-order valence-corrected chi connectivity index (χ4v) is 1.17. The summed E-state index contributed by atoms with van der Waals surface area (Å²) in [7, 11) is 1.72. The highest BCUT2D eigenvalue weighted by Gasteiger charge is 2.00. The minimum Gasteiger partial charge on any atom is -0.311 e. The second-order valence-corrected chi connectivity index (χ2v) is 3.24. The first kappa shape index (κ1) is 10.1. The number of hydrogen-bond donors (Lipinski definition) is 2. The van der Waals surface area contributed by atoms with E-state index in [9.17, 15) is 4.79 Å². The van der Waals surface area contributed by atoms with E-state index in [-0.39, 0.29) is 12.5 Å². The van der Waals surface area contributed by atoms with Crippen molar-refractivity contribution >= 4 is 27.7 Å². The molecule has 1 amide bonds. The maximum Gasteiger partial charge on any atom is 0.239 e. The van der Waals surface area contributed by atoms with Gasteiger partial charge in [-0.15, -0.1) is 0 Å². The zero-order chi connectivity index (χ0) is 9.68. The van der Waals surface area contributed by atoms with Crippen LogP contribution in [0.3, 0.4) is 0 Å². The molecule has 0 aromatic carbocycles. The molecule has 0 fully saturated rings. The lowest BCUT2D eigenvalue weighted by atomic mass is 10.4. The number of likely N-dealkylation sites (N-methyl/N-ethyl adjacent to an activating group) is 1. The summed E-state index contributed by atoms with van der Waals surface area (Å²) in [6.07, 6.45) is 0. The van der Waals surface area contributed by atoms with Crippen LogP contribution in [0.25, 0.3) is 0 Å². The van der Waals surface area contributed by atoms with E-state index in [0.717, 1.165) is 0 Å². The summed E-state index contributed by atoms with van der Waals surface area (Å²) in [5, 5.41) is 5.39. The van der Waals surface area contributed by atoms with Crippen molar-refractivity contribution in [1.82, 2.24) is 10.3 Å². The average Bonchev–Trinajstić information content (AvgIpc) is 2.04. The Bertz CT molecular complexity index is 303. The van der Waals surface area contributed by atoms with Crippen molar-refractivity contribution in [2.24, 2.45) is 0 Å². The van der Waals surface area contributed by atoms with Gasteiger partial charge in [0.05, 0.1) is 6.54 Å². The second kappa shape index (κ2) is 4.94. The molecular formula is C8H10BrN3O. The van der Waals surface area contributed by atoms with Crippen LogP contribution >= 0.6 is 15.9 Å². The van der Waals surface area contributed by atoms with E-state index in [1.165, 1.54) is 0 Å². The number of rotatable bonds is 3. The van der Waals surface area contributed by atoms with Crippen molar-refractivity contribution in [3.8, 4) is 0 Å². The number of carbonyl (C=O) groups is 1. The van der Waals surface area contributed by atoms with Crippen molar-refractivity contribution in [3.63, 3.8) is 0 Å². The van der Waals surface area contributed by atoms with Crippen LogP contribution in [0.2, 0.25) is 0 Å². The smallest absolute Gasteiger partial charge is 0.239 e. The molecule has 0 saturated heterocycles. The zero-order valence-electron chi connectivity index (χ0n) is 7.17. The van der Waals surface area contributed by atoms with Gasteiger partial charge in [-0.3, -0.25) is 4.79 Å². The second-order valence-electron chi connectivity index (χ2n) is 2.42. The molecule has 0 aliphatic carbocycles. The summed E-state index contributed by atoms with van der Waals surface area (Å²) in [4.78, 5) is 15.1. The van der Waals surface area contributed by atoms with Crippen molar-refractivity contribution < 1.29 is 4.79 Å². The third-order valence-electron chi connectivity index (χ3n) is 1.32. The number of hydrogen-bond acceptors (Lipinski definition) is 3. The molecule has 1 aromatic heterocycles. The van der Waals surface area contributed by atoms with E-state index in [4.69, 9.17) is 0 Å². The lowest BCUT2D eigenvalue weighted by molar-refractivity contribution is -0.115. The standard InChI is InChI=1S/C8H10BrN3O/c1-10-5-8(13)12-7-4-2-3-6(9)11-7/h2-4,10H,5H2,1H3,(H,11,12,13). The van der Waals surface area contributed by atoms with E-state index in [0.29, 0.717) is 10.4 Å². The monoisotopic (exact) mass is 243 g/mol. The lowest BCUT2D eigenvalue weighted by Crippen LogP contribution is -2.25. The Labute approximate surface area is 84.9 Å². The van der Waals surface area contributed by atoms with Gasteiger partial charge in [-0.1, -0.05) is 6.07 Å². The van der Waals surface area contributed by atoms with Crippen LogP contribution in [-0.2, 0) is 4.79 Å². The maximum absolute atomic E-state index is 11.1. The van der Waals surface area contributed by atoms with Crippen molar-refractivity contribution in [2.75, 3.05) is 18.9 Å². The van der Waals surface area contributed by atoms with E-state index < -0.39 is 0 Å². The van der Waals surface area contributed by atoms with Crippen LogP contribution < -0.4 is 10.6 Å². The van der Waals surface area contributed by atoms with Gasteiger partial charge in [0, 0.05) is 0 Å². The predicted octanol–water partition coefficient (Wildman–Crippen LogP) is 1.00. The Morgan fingerprint density at radius 2 is 2.38 bits per heavy atom. The topological polar surface area (TPSA) is 54.0 Å². The SMILES string of the molecule is CNCC(=O)Nc1cccc(Br)n1. The van der Waals surface area contributed by atoms with Crippen LogP contribution in [0.1, 0.15) is 0 Å². The quantitative estimate of drug-likeness (QED) is 0.780. The molecule has 0 atom stereocenters. The third-order valence-corrected chi connectivity index (χ3v) is 1.76. The molecule has 0 radical (unpaired) electrons. The van der Waals surface area contributed by atoms with Crippen LogP contribution in [0.5, 0.6) is 0 Å². The molecule has 0 bridgehead atoms. The van der Waals surface area contributed by atoms with Crippen molar-refractivity contribution in [3.05, 3.63) is 22.8 Å². The Morgan fingerprint density at radius 3 is 3.00 bits per heavy atom. The van der Waals surface area contributed by atoms with Gasteiger partial charge in [-0.2, -0.15) is 0 Å². The highest BCUT2D eigenvalue weighted by molar-refractivity contribution is 9.10. The predicted molar refractivity (Wildman–Crippen MR) is 54.5 cm³/mol. The first-order valence-corrected chi connectivity index (χ1v) is 4.58. The fourth-order valence-electron chi connectivity index (χ4n) is 0.825. The van der Waals surface area contributed by atoms with Crippen molar-refractivity contribution in [1.29, 1.82) is 0 Å². The van der Waals surface area contributed by atoms with Gasteiger partial charge in [0.25, 0.3) is 0 Å². The fraction of sp³-hybridized carbons (Fsp3) is 0.250. The Kier molecular flexibility index (Phi) is 3.85. The van der Waals surface area contributed by atoms with E-state index in [1.807, 2.05) is 6.07 Å². The summed E-state index contributed by atoms with van der Waals surface area (Å²) in [6.45, 7) is 0.286. The molecule has 5 heteroatoms. The van der Waals surface area contributed by atoms with E-state index in [1.54, 1.807) is 19.2 Å². The average molecular weight is 244 g/mol. The highest BCUT2D eigenvalue weighted by Crippen LogP contribution is 2.09. The first-order valence-electron chi connectivity index (χ1n) is 3.79. The van der Waals surface area contributed by atoms with Gasteiger partial charge in [-0.05, 0) is 35.1 Å². The lowest BCUT2D eigenvalue weighted by Gasteiger charge is -2.03. The molecule has 13 heavy (non-hydrogen) atoms. The largest absolute Gasteiger partial charge is 0.311 e. The summed E-state index contributed by atoms with van der Waals surface area (Å²) in [6, 6.07) is 5.35. The number of anilines is 1. The normalized spacial score (nSPS) is 9.69. The van der Waals surface area contributed by atoms with Crippen LogP contribution in [0.4, 0.5) is 5.82 Å². The molecule has 0 aliphatic rings. The van der Waals surface area contributed by atoms with Crippen molar-refractivity contribution in [2.45, 2.75) is 0 Å². The molecule has 2 N–H and O–H groups in total. The molecule has 1 heterocycles. The number of nitrogens with zero attached hydrogens (tertiary/aromatic N) is 1. The van der Waals surface area contributed by atoms with E-state index in [2.05, 4.69) is 31.5 Å². The molecule has 0 spiro atoms. The third kappa shape index (κ3) is 3.52. The number of aromatic nitrogens is 1. The Hall–Kier alpha value is -0.940. The van der Waals surface area contributed by atoms with Gasteiger partial charge in [0.15, 0.2) is 0 Å². The van der Waals surface area contributed by atoms with Gasteiger partial charge in [0.2, 0.25) is 5.91 Å². The van der Waals surface area contributed by atoms with Crippen LogP contribution in [0.15, 0.2) is 22.8 Å². The van der Waals surface area contributed by atoms with Gasteiger partial charge < -0.3 is 10.6 Å². The molecular weight excluding hydrogens is 234 g/mol. The Balaban J connectivity index is 2.58. The molecule has 1 rings (SSSR count). The minimum absolute atomic E-state index is 0.104. The van der Waals surface area contributed by atoms with E-state index >= 15 is 0 Å². The number of pyridine rings is 1. The summed E-state index contributed by atoms with van der Waals surface area (Å²) >= 11 is 3.21. The van der Waals surface area contributed by atoms with Gasteiger partial charge in [-0.25, -0.2) is 4.98 Å². The van der Waals surface area contributed by atoms with Gasteiger partial charge in [0.1, 0.15) is 10.4 Å². The highest BCUT2D eigenvalue weighted by atomic mass is 79.9. The summed E-state index contributed by atoms with van der Waals surface area (Å²) in [5.74, 6) is 0.447. The molecule has 4 nitrogen and oxygen atoms in total. The zero-order valence-corrected chi connectivity index (χ0v) is 8.76. The number of nitrogens with one attached hydrogen (secondary N) is 2. The molecule has 0 aliphatic heterocycles. The molecule has 0 saturated carbocycles. The Morgan fingerprint density at radius 1 is 1.62 bits per heavy atom. The number of amides is 1. The summed E-state index contributed by atoms with van der Waals surface area (Å²) in [5.41, 5.74) is 0. The first-order chi connectivity index (χ1) is 6.22. The van der Waals surface area contributed by atoms with Crippen LogP contribution in [-0.4, -0.2) is 24.5 Å². The maximum atomic E-state index is 11.1. The molecule has 0 unspecified atom stereocenters. The molecule has 1 aromatic rings. The minimum atomic E-state index is -0.104. The van der Waals surface area contributed by atoms with Gasteiger partial charge >= 0.3 is 0 Å². The number of carbonyl (C=O) groups excluding carboxylic acids is 1. The summed E-state index contributed by atoms with van der Waals surface area (Å²) < 4.78 is 0.703. The number of halogens is 1. The van der Waals surface area contributed by atoms with Crippen LogP contribution in [0, 0.1) is 0 Å².